The summed E-state index contributed by atoms with van der Waals surface area (Å²) >= 11 is 1.63. The molecule has 0 spiro atoms. The molecule has 0 amide bonds. The van der Waals surface area contributed by atoms with E-state index >= 15 is 0 Å². The maximum absolute atomic E-state index is 13.2. The highest BCUT2D eigenvalue weighted by Gasteiger charge is 2.52. The van der Waals surface area contributed by atoms with E-state index in [4.69, 9.17) is 4.74 Å². The predicted octanol–water partition coefficient (Wildman–Crippen LogP) is 5.99. The van der Waals surface area contributed by atoms with Crippen LogP contribution >= 0.6 is 11.3 Å². The summed E-state index contributed by atoms with van der Waals surface area (Å²) in [6.45, 7) is 14.3. The van der Waals surface area contributed by atoms with Gasteiger partial charge in [-0.25, -0.2) is 4.98 Å². The molecule has 2 fully saturated rings. The summed E-state index contributed by atoms with van der Waals surface area (Å²) in [6.07, 6.45) is 5.16. The number of ether oxygens (including phenoxy) is 1. The van der Waals surface area contributed by atoms with Crippen molar-refractivity contribution in [3.8, 4) is 0 Å². The first-order valence-electron chi connectivity index (χ1n) is 14.1. The first-order chi connectivity index (χ1) is 17.3. The molecule has 3 rings (SSSR count). The molecule has 1 aromatic rings. The minimum absolute atomic E-state index is 0.0505. The molecule has 1 aromatic heterocycles. The third-order valence-electron chi connectivity index (χ3n) is 9.67. The Labute approximate surface area is 226 Å². The van der Waals surface area contributed by atoms with Gasteiger partial charge in [-0.3, -0.25) is 9.59 Å². The van der Waals surface area contributed by atoms with Gasteiger partial charge in [0.2, 0.25) is 0 Å². The molecule has 1 unspecified atom stereocenters. The number of aryl methyl sites for hydroxylation is 1. The molecule has 0 radical (unpaired) electrons. The number of Topliss-reactive ketones (excluding diaryl/α,β-unsaturated/α-hetero) is 1. The van der Waals surface area contributed by atoms with Crippen molar-refractivity contribution in [1.29, 1.82) is 0 Å². The van der Waals surface area contributed by atoms with Crippen LogP contribution in [0.3, 0.4) is 0 Å². The van der Waals surface area contributed by atoms with Gasteiger partial charge in [-0.2, -0.15) is 0 Å². The number of carbonyl (C=O) groups excluding carboxylic acids is 2. The van der Waals surface area contributed by atoms with Crippen molar-refractivity contribution in [3.05, 3.63) is 21.7 Å². The van der Waals surface area contributed by atoms with Crippen molar-refractivity contribution >= 4 is 29.2 Å². The van der Waals surface area contributed by atoms with E-state index < -0.39 is 35.6 Å². The van der Waals surface area contributed by atoms with Crippen LogP contribution in [0.25, 0.3) is 6.08 Å². The van der Waals surface area contributed by atoms with Gasteiger partial charge >= 0.3 is 5.97 Å². The van der Waals surface area contributed by atoms with Crippen LogP contribution in [0.5, 0.6) is 0 Å². The highest BCUT2D eigenvalue weighted by atomic mass is 32.1. The second-order valence-electron chi connectivity index (χ2n) is 12.2. The summed E-state index contributed by atoms with van der Waals surface area (Å²) in [6, 6.07) is 0. The number of cyclic esters (lactones) is 1. The molecule has 2 heterocycles. The normalized spacial score (nSPS) is 38.7. The van der Waals surface area contributed by atoms with Crippen LogP contribution < -0.4 is 0 Å². The quantitative estimate of drug-likeness (QED) is 0.462. The van der Waals surface area contributed by atoms with E-state index in [0.29, 0.717) is 12.8 Å². The molecular weight excluding hydrogens is 486 g/mol. The standard InChI is InChI=1S/C30H47NO5S/c1-8-25-31-22(17-37-25)13-18(3)23-14-19(4)29(6,9-2)12-10-11-21-16-30(7,24(32)15-26(33)36-23)28(35)20(5)27(21)34/h13,17,19-21,23-24,27,32,34H,8-12,14-16H2,1-7H3/b18-13+/t19-,20+,21+,23-,24?,27+,29-,30+/m0/s1. The topological polar surface area (TPSA) is 96.7 Å². The molecule has 6 nitrogen and oxygen atoms in total. The van der Waals surface area contributed by atoms with E-state index in [2.05, 4.69) is 32.7 Å². The molecule has 8 atom stereocenters. The number of nitrogens with zero attached hydrogens (tertiary/aromatic N) is 1. The fraction of sp³-hybridized carbons (Fsp3) is 0.767. The van der Waals surface area contributed by atoms with Gasteiger partial charge in [0.05, 0.1) is 34.7 Å². The number of carbonyl (C=O) groups is 2. The Balaban J connectivity index is 1.94. The molecule has 208 valence electrons. The summed E-state index contributed by atoms with van der Waals surface area (Å²) in [5, 5.41) is 25.2. The molecule has 2 bridgehead atoms. The number of hydrogen-bond acceptors (Lipinski definition) is 7. The number of rotatable bonds is 4. The Kier molecular flexibility index (Phi) is 9.79. The Hall–Kier alpha value is -1.57. The van der Waals surface area contributed by atoms with Crippen LogP contribution in [0.15, 0.2) is 11.0 Å². The highest BCUT2D eigenvalue weighted by molar-refractivity contribution is 7.09. The number of hydrogen-bond donors (Lipinski definition) is 2. The summed E-state index contributed by atoms with van der Waals surface area (Å²) in [5.41, 5.74) is 0.782. The minimum Gasteiger partial charge on any atom is -0.458 e. The van der Waals surface area contributed by atoms with Crippen molar-refractivity contribution in [2.24, 2.45) is 28.6 Å². The number of ketones is 1. The van der Waals surface area contributed by atoms with Gasteiger partial charge in [0, 0.05) is 11.3 Å². The molecule has 1 aliphatic heterocycles. The predicted molar refractivity (Wildman–Crippen MR) is 148 cm³/mol. The molecule has 1 saturated heterocycles. The van der Waals surface area contributed by atoms with Gasteiger partial charge in [0.15, 0.2) is 0 Å². The van der Waals surface area contributed by atoms with E-state index in [9.17, 15) is 19.8 Å². The van der Waals surface area contributed by atoms with Crippen LogP contribution in [0.1, 0.15) is 104 Å². The van der Waals surface area contributed by atoms with E-state index in [1.807, 2.05) is 18.4 Å². The van der Waals surface area contributed by atoms with Crippen molar-refractivity contribution in [1.82, 2.24) is 4.98 Å². The second kappa shape index (κ2) is 12.1. The second-order valence-corrected chi connectivity index (χ2v) is 13.1. The zero-order valence-electron chi connectivity index (χ0n) is 23.8. The average molecular weight is 534 g/mol. The monoisotopic (exact) mass is 533 g/mol. The zero-order valence-corrected chi connectivity index (χ0v) is 24.6. The molecule has 37 heavy (non-hydrogen) atoms. The fourth-order valence-electron chi connectivity index (χ4n) is 6.36. The fourth-order valence-corrected chi connectivity index (χ4v) is 7.07. The van der Waals surface area contributed by atoms with Gasteiger partial charge in [0.25, 0.3) is 0 Å². The van der Waals surface area contributed by atoms with Gasteiger partial charge in [-0.15, -0.1) is 11.3 Å². The Morgan fingerprint density at radius 3 is 2.57 bits per heavy atom. The van der Waals surface area contributed by atoms with Gasteiger partial charge in [-0.05, 0) is 67.9 Å². The highest BCUT2D eigenvalue weighted by Crippen LogP contribution is 2.46. The number of esters is 1. The smallest absolute Gasteiger partial charge is 0.309 e. The van der Waals surface area contributed by atoms with Crippen molar-refractivity contribution in [2.75, 3.05) is 0 Å². The maximum Gasteiger partial charge on any atom is 0.309 e. The molecule has 7 heteroatoms. The lowest BCUT2D eigenvalue weighted by molar-refractivity contribution is -0.162. The number of fused-ring (bicyclic) bond motifs is 2. The Bertz CT molecular complexity index is 988. The first-order valence-corrected chi connectivity index (χ1v) is 14.9. The molecule has 0 aromatic carbocycles. The number of aromatic nitrogens is 1. The lowest BCUT2D eigenvalue weighted by Gasteiger charge is -2.46. The molecule has 1 saturated carbocycles. The number of aliphatic hydroxyl groups is 2. The SMILES string of the molecule is CCc1nc(/C=C(\C)[C@@H]2C[C@H](C)[C@@](C)(CC)CCC[C@@H]3C[C@@](C)(C(=O)[C@H](C)[C@H]3O)C(O)CC(=O)O2)cs1. The Morgan fingerprint density at radius 1 is 1.24 bits per heavy atom. The lowest BCUT2D eigenvalue weighted by Crippen LogP contribution is -2.54. The Morgan fingerprint density at radius 2 is 1.95 bits per heavy atom. The average Bonchev–Trinajstić information content (AvgIpc) is 3.31. The largest absolute Gasteiger partial charge is 0.458 e. The van der Waals surface area contributed by atoms with Gasteiger partial charge in [-0.1, -0.05) is 54.4 Å². The third kappa shape index (κ3) is 6.54. The van der Waals surface area contributed by atoms with Crippen molar-refractivity contribution in [2.45, 2.75) is 118 Å². The third-order valence-corrected chi connectivity index (χ3v) is 10.7. The van der Waals surface area contributed by atoms with Crippen LogP contribution in [-0.2, 0) is 20.7 Å². The molecule has 2 N–H and O–H groups in total. The first kappa shape index (κ1) is 30.0. The summed E-state index contributed by atoms with van der Waals surface area (Å²) in [7, 11) is 0. The molecular formula is C30H47NO5S. The van der Waals surface area contributed by atoms with Crippen molar-refractivity contribution in [3.63, 3.8) is 0 Å². The minimum atomic E-state index is -1.15. The molecule has 1 aliphatic carbocycles. The van der Waals surface area contributed by atoms with Crippen LogP contribution in [0.4, 0.5) is 0 Å². The number of aliphatic hydroxyl groups excluding tert-OH is 2. The van der Waals surface area contributed by atoms with Crippen LogP contribution in [0.2, 0.25) is 0 Å². The zero-order chi connectivity index (χ0) is 27.5. The number of thiazole rings is 1. The van der Waals surface area contributed by atoms with Crippen LogP contribution in [-0.4, -0.2) is 45.3 Å². The van der Waals surface area contributed by atoms with E-state index in [-0.39, 0.29) is 29.5 Å². The van der Waals surface area contributed by atoms with Gasteiger partial charge < -0.3 is 14.9 Å². The summed E-state index contributed by atoms with van der Waals surface area (Å²) < 4.78 is 6.05. The van der Waals surface area contributed by atoms with Gasteiger partial charge in [0.1, 0.15) is 11.9 Å². The van der Waals surface area contributed by atoms with E-state index in [1.54, 1.807) is 25.2 Å². The summed E-state index contributed by atoms with van der Waals surface area (Å²) in [4.78, 5) is 31.1. The van der Waals surface area contributed by atoms with E-state index in [1.165, 1.54) is 0 Å². The lowest BCUT2D eigenvalue weighted by atomic mass is 9.60. The summed E-state index contributed by atoms with van der Waals surface area (Å²) in [5.74, 6) is -1.02. The van der Waals surface area contributed by atoms with E-state index in [0.717, 1.165) is 48.4 Å². The van der Waals surface area contributed by atoms with Crippen LogP contribution in [0, 0.1) is 28.6 Å². The maximum atomic E-state index is 13.2. The molecule has 2 aliphatic rings. The van der Waals surface area contributed by atoms with Crippen molar-refractivity contribution < 1.29 is 24.5 Å².